The van der Waals surface area contributed by atoms with Crippen molar-refractivity contribution in [2.75, 3.05) is 13.2 Å². The fourth-order valence-corrected chi connectivity index (χ4v) is 0.323. The maximum atomic E-state index is 11.4. The smallest absolute Gasteiger partial charge is 0.396 e. The Bertz CT molecular complexity index is 119. The molecule has 0 unspecified atom stereocenters. The van der Waals surface area contributed by atoms with E-state index in [1.807, 2.05) is 0 Å². The van der Waals surface area contributed by atoms with Gasteiger partial charge >= 0.3 is 6.36 Å². The first kappa shape index (κ1) is 10.7. The molecule has 0 fully saturated rings. The van der Waals surface area contributed by atoms with Crippen molar-refractivity contribution in [1.29, 1.82) is 0 Å². The molecule has 0 aliphatic carbocycles. The maximum absolute atomic E-state index is 11.4. The van der Waals surface area contributed by atoms with E-state index in [9.17, 15) is 13.2 Å². The summed E-state index contributed by atoms with van der Waals surface area (Å²) in [6, 6.07) is 0. The minimum atomic E-state index is -4.60. The van der Waals surface area contributed by atoms with E-state index in [-0.39, 0.29) is 6.61 Å². The van der Waals surface area contributed by atoms with E-state index in [4.69, 9.17) is 5.11 Å². The van der Waals surface area contributed by atoms with E-state index < -0.39 is 18.4 Å². The summed E-state index contributed by atoms with van der Waals surface area (Å²) in [6.45, 7) is 2.12. The molecule has 5 heteroatoms. The third kappa shape index (κ3) is 6.12. The van der Waals surface area contributed by atoms with Crippen LogP contribution < -0.4 is 0 Å². The molecule has 0 spiro atoms. The van der Waals surface area contributed by atoms with Gasteiger partial charge in [0.25, 0.3) is 0 Å². The fraction of sp³-hybridized carbons (Fsp3) is 1.00. The highest BCUT2D eigenvalue weighted by molar-refractivity contribution is 4.65. The second-order valence-electron chi connectivity index (χ2n) is 3.06. The highest BCUT2D eigenvalue weighted by atomic mass is 19.4. The Kier molecular flexibility index (Phi) is 3.31. The highest BCUT2D eigenvalue weighted by Crippen LogP contribution is 2.22. The molecule has 0 saturated carbocycles. The SMILES string of the molecule is CC(C)(CO)COC(F)(F)F. The van der Waals surface area contributed by atoms with Crippen molar-refractivity contribution < 1.29 is 23.0 Å². The van der Waals surface area contributed by atoms with Gasteiger partial charge in [0.1, 0.15) is 0 Å². The van der Waals surface area contributed by atoms with Crippen LogP contribution in [-0.4, -0.2) is 24.7 Å². The van der Waals surface area contributed by atoms with Gasteiger partial charge in [-0.3, -0.25) is 4.74 Å². The lowest BCUT2D eigenvalue weighted by atomic mass is 9.97. The Balaban J connectivity index is 3.70. The van der Waals surface area contributed by atoms with Crippen LogP contribution >= 0.6 is 0 Å². The van der Waals surface area contributed by atoms with E-state index >= 15 is 0 Å². The summed E-state index contributed by atoms with van der Waals surface area (Å²) in [6.07, 6.45) is -4.60. The first-order valence-corrected chi connectivity index (χ1v) is 3.08. The topological polar surface area (TPSA) is 29.5 Å². The van der Waals surface area contributed by atoms with Crippen molar-refractivity contribution in [3.63, 3.8) is 0 Å². The number of alkyl halides is 3. The monoisotopic (exact) mass is 172 g/mol. The predicted octanol–water partition coefficient (Wildman–Crippen LogP) is 1.54. The quantitative estimate of drug-likeness (QED) is 0.699. The molecule has 11 heavy (non-hydrogen) atoms. The Hall–Kier alpha value is -0.290. The Labute approximate surface area is 63.0 Å². The summed E-state index contributed by atoms with van der Waals surface area (Å²) in [4.78, 5) is 0. The van der Waals surface area contributed by atoms with Gasteiger partial charge in [-0.2, -0.15) is 0 Å². The van der Waals surface area contributed by atoms with E-state index in [1.54, 1.807) is 0 Å². The zero-order chi connectivity index (χ0) is 9.12. The molecule has 2 nitrogen and oxygen atoms in total. The summed E-state index contributed by atoms with van der Waals surface area (Å²) in [5, 5.41) is 8.54. The molecule has 0 heterocycles. The second-order valence-corrected chi connectivity index (χ2v) is 3.06. The molecule has 0 aliphatic rings. The molecular formula is C6H11F3O2. The number of hydrogen-bond acceptors (Lipinski definition) is 2. The minimum absolute atomic E-state index is 0.330. The van der Waals surface area contributed by atoms with Crippen molar-refractivity contribution in [1.82, 2.24) is 0 Å². The Morgan fingerprint density at radius 1 is 1.27 bits per heavy atom. The van der Waals surface area contributed by atoms with Gasteiger partial charge in [0.2, 0.25) is 0 Å². The van der Waals surface area contributed by atoms with Crippen LogP contribution in [0.15, 0.2) is 0 Å². The summed E-state index contributed by atoms with van der Waals surface area (Å²) >= 11 is 0. The van der Waals surface area contributed by atoms with E-state index in [1.165, 1.54) is 13.8 Å². The number of halogens is 3. The van der Waals surface area contributed by atoms with Gasteiger partial charge in [0.05, 0.1) is 13.2 Å². The fourth-order valence-electron chi connectivity index (χ4n) is 0.323. The minimum Gasteiger partial charge on any atom is -0.396 e. The van der Waals surface area contributed by atoms with E-state index in [0.717, 1.165) is 0 Å². The van der Waals surface area contributed by atoms with Crippen molar-refractivity contribution in [3.8, 4) is 0 Å². The summed E-state index contributed by atoms with van der Waals surface area (Å²) in [5.74, 6) is 0. The first-order valence-electron chi connectivity index (χ1n) is 3.08. The molecule has 0 aromatic heterocycles. The van der Waals surface area contributed by atoms with Gasteiger partial charge in [0, 0.05) is 5.41 Å². The summed E-state index contributed by atoms with van der Waals surface area (Å²) < 4.78 is 37.8. The number of hydrogen-bond donors (Lipinski definition) is 1. The van der Waals surface area contributed by atoms with Gasteiger partial charge in [-0.1, -0.05) is 13.8 Å². The molecule has 0 amide bonds. The second kappa shape index (κ2) is 3.40. The van der Waals surface area contributed by atoms with Gasteiger partial charge in [0.15, 0.2) is 0 Å². The first-order chi connectivity index (χ1) is 4.77. The molecule has 68 valence electrons. The molecule has 0 rings (SSSR count). The van der Waals surface area contributed by atoms with Crippen LogP contribution in [0, 0.1) is 5.41 Å². The molecule has 0 atom stereocenters. The van der Waals surface area contributed by atoms with Crippen LogP contribution in [0.5, 0.6) is 0 Å². The van der Waals surface area contributed by atoms with Crippen LogP contribution in [0.4, 0.5) is 13.2 Å². The number of ether oxygens (including phenoxy) is 1. The standard InChI is InChI=1S/C6H11F3O2/c1-5(2,3-10)4-11-6(7,8)9/h10H,3-4H2,1-2H3. The van der Waals surface area contributed by atoms with Crippen LogP contribution in [0.1, 0.15) is 13.8 Å². The molecule has 0 bridgehead atoms. The van der Waals surface area contributed by atoms with Crippen molar-refractivity contribution in [3.05, 3.63) is 0 Å². The van der Waals surface area contributed by atoms with Gasteiger partial charge < -0.3 is 5.11 Å². The zero-order valence-corrected chi connectivity index (χ0v) is 6.40. The lowest BCUT2D eigenvalue weighted by Crippen LogP contribution is -2.28. The van der Waals surface area contributed by atoms with Gasteiger partial charge in [-0.05, 0) is 0 Å². The number of rotatable bonds is 3. The van der Waals surface area contributed by atoms with Crippen LogP contribution in [0.2, 0.25) is 0 Å². The lowest BCUT2D eigenvalue weighted by Gasteiger charge is -2.21. The predicted molar refractivity (Wildman–Crippen MR) is 32.9 cm³/mol. The molecule has 0 aromatic carbocycles. The number of aliphatic hydroxyl groups is 1. The molecular weight excluding hydrogens is 161 g/mol. The highest BCUT2D eigenvalue weighted by Gasteiger charge is 2.32. The average Bonchev–Trinajstić information content (AvgIpc) is 1.83. The van der Waals surface area contributed by atoms with Crippen LogP contribution in [-0.2, 0) is 4.74 Å². The molecule has 0 radical (unpaired) electrons. The average molecular weight is 172 g/mol. The normalized spacial score (nSPS) is 13.6. The molecule has 0 aromatic rings. The van der Waals surface area contributed by atoms with Crippen LogP contribution in [0.25, 0.3) is 0 Å². The summed E-state index contributed by atoms with van der Waals surface area (Å²) in [5.41, 5.74) is -0.838. The van der Waals surface area contributed by atoms with E-state index in [2.05, 4.69) is 4.74 Å². The van der Waals surface area contributed by atoms with Crippen LogP contribution in [0.3, 0.4) is 0 Å². The molecule has 0 aliphatic heterocycles. The number of aliphatic hydroxyl groups excluding tert-OH is 1. The molecule has 1 N–H and O–H groups in total. The maximum Gasteiger partial charge on any atom is 0.522 e. The zero-order valence-electron chi connectivity index (χ0n) is 6.40. The third-order valence-electron chi connectivity index (χ3n) is 1.05. The molecule has 0 saturated heterocycles. The van der Waals surface area contributed by atoms with Gasteiger partial charge in [-0.15, -0.1) is 13.2 Å². The van der Waals surface area contributed by atoms with Crippen molar-refractivity contribution in [2.45, 2.75) is 20.2 Å². The van der Waals surface area contributed by atoms with E-state index in [0.29, 0.717) is 0 Å². The third-order valence-corrected chi connectivity index (χ3v) is 1.05. The van der Waals surface area contributed by atoms with Crippen molar-refractivity contribution in [2.24, 2.45) is 5.41 Å². The summed E-state index contributed by atoms with van der Waals surface area (Å²) in [7, 11) is 0. The largest absolute Gasteiger partial charge is 0.522 e. The Morgan fingerprint density at radius 2 is 1.73 bits per heavy atom. The van der Waals surface area contributed by atoms with Gasteiger partial charge in [-0.25, -0.2) is 0 Å². The van der Waals surface area contributed by atoms with Crippen molar-refractivity contribution >= 4 is 0 Å². The Morgan fingerprint density at radius 3 is 2.00 bits per heavy atom. The lowest BCUT2D eigenvalue weighted by molar-refractivity contribution is -0.333.